The van der Waals surface area contributed by atoms with E-state index in [9.17, 15) is 0 Å². The number of ether oxygens (including phenoxy) is 3. The van der Waals surface area contributed by atoms with Gasteiger partial charge in [0.05, 0.1) is 18.3 Å². The summed E-state index contributed by atoms with van der Waals surface area (Å²) in [4.78, 5) is 7.17. The van der Waals surface area contributed by atoms with E-state index in [1.54, 1.807) is 7.11 Å². The number of pyridine rings is 1. The standard InChI is InChI=1S/C26H36N2O3/c1-18(20-9-11-22(29-6)12-10-20)28-13-7-8-23(28)21-14-19(16-27-17-21)15-24-30-25(2,3)26(4,5)31-24/h9-12,14,16-18,23-24H,7-8,13,15H2,1-6H3/t18-,23+/m1/s1. The number of benzene rings is 1. The molecule has 0 N–H and O–H groups in total. The van der Waals surface area contributed by atoms with Crippen LogP contribution >= 0.6 is 0 Å². The van der Waals surface area contributed by atoms with E-state index >= 15 is 0 Å². The molecule has 2 aromatic rings. The lowest BCUT2D eigenvalue weighted by Crippen LogP contribution is -2.41. The van der Waals surface area contributed by atoms with Crippen molar-refractivity contribution in [1.29, 1.82) is 0 Å². The molecule has 0 bridgehead atoms. The maximum absolute atomic E-state index is 6.20. The molecule has 3 heterocycles. The van der Waals surface area contributed by atoms with Crippen molar-refractivity contribution < 1.29 is 14.2 Å². The summed E-state index contributed by atoms with van der Waals surface area (Å²) < 4.78 is 17.7. The van der Waals surface area contributed by atoms with Crippen molar-refractivity contribution in [3.8, 4) is 5.75 Å². The third-order valence-electron chi connectivity index (χ3n) is 7.30. The van der Waals surface area contributed by atoms with Crippen LogP contribution in [0.5, 0.6) is 5.75 Å². The molecule has 0 radical (unpaired) electrons. The zero-order valence-electron chi connectivity index (χ0n) is 19.7. The summed E-state index contributed by atoms with van der Waals surface area (Å²) in [6.07, 6.45) is 6.81. The van der Waals surface area contributed by atoms with Gasteiger partial charge in [0.15, 0.2) is 6.29 Å². The summed E-state index contributed by atoms with van der Waals surface area (Å²) in [7, 11) is 1.71. The zero-order valence-corrected chi connectivity index (χ0v) is 19.7. The first-order valence-electron chi connectivity index (χ1n) is 11.4. The molecular weight excluding hydrogens is 388 g/mol. The van der Waals surface area contributed by atoms with Gasteiger partial charge in [0.1, 0.15) is 5.75 Å². The monoisotopic (exact) mass is 424 g/mol. The minimum atomic E-state index is -0.307. The average molecular weight is 425 g/mol. The van der Waals surface area contributed by atoms with Crippen LogP contribution in [0.2, 0.25) is 0 Å². The minimum Gasteiger partial charge on any atom is -0.497 e. The van der Waals surface area contributed by atoms with Gasteiger partial charge in [0, 0.05) is 30.9 Å². The molecule has 2 atom stereocenters. The molecule has 2 fully saturated rings. The molecule has 0 aliphatic carbocycles. The van der Waals surface area contributed by atoms with Gasteiger partial charge >= 0.3 is 0 Å². The van der Waals surface area contributed by atoms with Crippen LogP contribution in [-0.4, -0.2) is 41.0 Å². The second-order valence-electron chi connectivity index (χ2n) is 9.86. The van der Waals surface area contributed by atoms with Crippen molar-refractivity contribution >= 4 is 0 Å². The molecule has 5 heteroatoms. The molecule has 2 aliphatic heterocycles. The topological polar surface area (TPSA) is 43.8 Å². The minimum absolute atomic E-state index is 0.236. The molecule has 0 spiro atoms. The van der Waals surface area contributed by atoms with Gasteiger partial charge in [-0.2, -0.15) is 0 Å². The molecule has 1 aromatic heterocycles. The lowest BCUT2D eigenvalue weighted by Gasteiger charge is -2.31. The summed E-state index contributed by atoms with van der Waals surface area (Å²) >= 11 is 0. The molecule has 2 saturated heterocycles. The number of methoxy groups -OCH3 is 1. The first-order chi connectivity index (χ1) is 14.7. The lowest BCUT2D eigenvalue weighted by atomic mass is 9.90. The van der Waals surface area contributed by atoms with Crippen LogP contribution in [0.4, 0.5) is 0 Å². The first kappa shape index (κ1) is 22.3. The third-order valence-corrected chi connectivity index (χ3v) is 7.30. The highest BCUT2D eigenvalue weighted by atomic mass is 16.7. The van der Waals surface area contributed by atoms with Crippen LogP contribution in [0.3, 0.4) is 0 Å². The van der Waals surface area contributed by atoms with Gasteiger partial charge in [-0.05, 0) is 82.8 Å². The predicted octanol–water partition coefficient (Wildman–Crippen LogP) is 5.46. The predicted molar refractivity (Wildman–Crippen MR) is 122 cm³/mol. The fourth-order valence-corrected chi connectivity index (χ4v) is 4.73. The molecule has 0 saturated carbocycles. The Morgan fingerprint density at radius 2 is 1.77 bits per heavy atom. The molecular formula is C26H36N2O3. The second kappa shape index (κ2) is 8.53. The van der Waals surface area contributed by atoms with Crippen LogP contribution in [0.15, 0.2) is 42.7 Å². The van der Waals surface area contributed by atoms with Gasteiger partial charge in [-0.25, -0.2) is 0 Å². The van der Waals surface area contributed by atoms with Gasteiger partial charge in [-0.3, -0.25) is 9.88 Å². The Morgan fingerprint density at radius 3 is 2.42 bits per heavy atom. The highest BCUT2D eigenvalue weighted by molar-refractivity contribution is 5.30. The highest BCUT2D eigenvalue weighted by Gasteiger charge is 2.49. The smallest absolute Gasteiger partial charge is 0.163 e. The summed E-state index contributed by atoms with van der Waals surface area (Å²) in [5.74, 6) is 0.897. The molecule has 31 heavy (non-hydrogen) atoms. The number of hydrogen-bond donors (Lipinski definition) is 0. The van der Waals surface area contributed by atoms with E-state index in [0.717, 1.165) is 18.7 Å². The number of aromatic nitrogens is 1. The van der Waals surface area contributed by atoms with Gasteiger partial charge in [-0.1, -0.05) is 18.2 Å². The summed E-state index contributed by atoms with van der Waals surface area (Å²) in [5, 5.41) is 0. The first-order valence-corrected chi connectivity index (χ1v) is 11.4. The maximum Gasteiger partial charge on any atom is 0.163 e. The SMILES string of the molecule is COc1ccc([C@@H](C)N2CCC[C@H]2c2cncc(CC3OC(C)(C)C(C)(C)O3)c2)cc1. The van der Waals surface area contributed by atoms with E-state index in [1.165, 1.54) is 23.1 Å². The van der Waals surface area contributed by atoms with E-state index < -0.39 is 0 Å². The van der Waals surface area contributed by atoms with Gasteiger partial charge in [-0.15, -0.1) is 0 Å². The Balaban J connectivity index is 1.49. The number of hydrogen-bond acceptors (Lipinski definition) is 5. The molecule has 2 aliphatic rings. The van der Waals surface area contributed by atoms with Crippen LogP contribution < -0.4 is 4.74 Å². The van der Waals surface area contributed by atoms with Crippen molar-refractivity contribution in [2.75, 3.05) is 13.7 Å². The largest absolute Gasteiger partial charge is 0.497 e. The van der Waals surface area contributed by atoms with E-state index in [-0.39, 0.29) is 17.5 Å². The van der Waals surface area contributed by atoms with Crippen LogP contribution in [-0.2, 0) is 15.9 Å². The van der Waals surface area contributed by atoms with E-state index in [0.29, 0.717) is 18.5 Å². The van der Waals surface area contributed by atoms with Crippen LogP contribution in [0.1, 0.15) is 76.2 Å². The van der Waals surface area contributed by atoms with Crippen molar-refractivity contribution in [3.05, 3.63) is 59.4 Å². The van der Waals surface area contributed by atoms with Gasteiger partial charge in [0.2, 0.25) is 0 Å². The number of rotatable bonds is 6. The van der Waals surface area contributed by atoms with Crippen molar-refractivity contribution in [2.45, 2.75) is 83.5 Å². The Hall–Kier alpha value is -1.95. The Labute approximate surface area is 186 Å². The van der Waals surface area contributed by atoms with Crippen molar-refractivity contribution in [1.82, 2.24) is 9.88 Å². The van der Waals surface area contributed by atoms with Crippen molar-refractivity contribution in [2.24, 2.45) is 0 Å². The summed E-state index contributed by atoms with van der Waals surface area (Å²) in [6, 6.07) is 11.4. The fourth-order valence-electron chi connectivity index (χ4n) is 4.73. The quantitative estimate of drug-likeness (QED) is 0.616. The lowest BCUT2D eigenvalue weighted by molar-refractivity contribution is -0.0846. The molecule has 168 valence electrons. The molecule has 1 aromatic carbocycles. The number of nitrogens with zero attached hydrogens (tertiary/aromatic N) is 2. The molecule has 0 unspecified atom stereocenters. The second-order valence-corrected chi connectivity index (χ2v) is 9.86. The third kappa shape index (κ3) is 4.50. The summed E-state index contributed by atoms with van der Waals surface area (Å²) in [6.45, 7) is 11.8. The Kier molecular flexibility index (Phi) is 6.12. The fraction of sp³-hybridized carbons (Fsp3) is 0.577. The van der Waals surface area contributed by atoms with Crippen LogP contribution in [0, 0.1) is 0 Å². The summed E-state index contributed by atoms with van der Waals surface area (Å²) in [5.41, 5.74) is 3.15. The van der Waals surface area contributed by atoms with Crippen molar-refractivity contribution in [3.63, 3.8) is 0 Å². The Bertz CT molecular complexity index is 878. The molecule has 0 amide bonds. The maximum atomic E-state index is 6.20. The van der Waals surface area contributed by atoms with E-state index in [1.807, 2.05) is 24.5 Å². The molecule has 4 rings (SSSR count). The number of likely N-dealkylation sites (tertiary alicyclic amines) is 1. The van der Waals surface area contributed by atoms with E-state index in [4.69, 9.17) is 14.2 Å². The van der Waals surface area contributed by atoms with Crippen LogP contribution in [0.25, 0.3) is 0 Å². The zero-order chi connectivity index (χ0) is 22.2. The van der Waals surface area contributed by atoms with E-state index in [2.05, 4.69) is 62.7 Å². The Morgan fingerprint density at radius 1 is 1.10 bits per heavy atom. The van der Waals surface area contributed by atoms with Gasteiger partial charge < -0.3 is 14.2 Å². The molecule has 5 nitrogen and oxygen atoms in total. The van der Waals surface area contributed by atoms with Gasteiger partial charge in [0.25, 0.3) is 0 Å². The highest BCUT2D eigenvalue weighted by Crippen LogP contribution is 2.41. The average Bonchev–Trinajstić information content (AvgIpc) is 3.29. The normalized spacial score (nSPS) is 24.4.